The number of anilines is 1. The van der Waals surface area contributed by atoms with Gasteiger partial charge in [0.1, 0.15) is 5.70 Å². The highest BCUT2D eigenvalue weighted by atomic mass is 16.5. The molecule has 1 unspecified atom stereocenters. The highest BCUT2D eigenvalue weighted by Gasteiger charge is 2.31. The third-order valence-corrected chi connectivity index (χ3v) is 6.27. The Kier molecular flexibility index (Phi) is 6.28. The molecule has 180 valence electrons. The van der Waals surface area contributed by atoms with Crippen LogP contribution in [0.5, 0.6) is 0 Å². The van der Waals surface area contributed by atoms with Gasteiger partial charge in [-0.15, -0.1) is 5.10 Å². The number of rotatable bonds is 5. The minimum absolute atomic E-state index is 0.0259. The summed E-state index contributed by atoms with van der Waals surface area (Å²) in [5, 5.41) is 7.43. The Labute approximate surface area is 202 Å². The zero-order valence-corrected chi connectivity index (χ0v) is 19.7. The van der Waals surface area contributed by atoms with Crippen LogP contribution in [0.25, 0.3) is 17.0 Å². The Bertz CT molecular complexity index is 1310. The van der Waals surface area contributed by atoms with E-state index in [0.29, 0.717) is 54.7 Å². The fraction of sp³-hybridized carbons (Fsp3) is 0.320. The summed E-state index contributed by atoms with van der Waals surface area (Å²) in [5.74, 6) is 0.0407. The predicted molar refractivity (Wildman–Crippen MR) is 130 cm³/mol. The molecule has 0 aromatic carbocycles. The Morgan fingerprint density at radius 2 is 2.06 bits per heavy atom. The molecule has 0 spiro atoms. The van der Waals surface area contributed by atoms with Crippen molar-refractivity contribution in [3.8, 4) is 11.4 Å². The molecule has 0 radical (unpaired) electrons. The van der Waals surface area contributed by atoms with Crippen LogP contribution in [-0.2, 0) is 14.3 Å². The van der Waals surface area contributed by atoms with Gasteiger partial charge in [0, 0.05) is 62.1 Å². The van der Waals surface area contributed by atoms with Crippen molar-refractivity contribution in [3.63, 3.8) is 0 Å². The Morgan fingerprint density at radius 1 is 1.23 bits per heavy atom. The van der Waals surface area contributed by atoms with E-state index < -0.39 is 0 Å². The average Bonchev–Trinajstić information content (AvgIpc) is 3.32. The van der Waals surface area contributed by atoms with Gasteiger partial charge in [0.25, 0.3) is 11.8 Å². The first-order valence-electron chi connectivity index (χ1n) is 11.7. The third kappa shape index (κ3) is 4.52. The lowest BCUT2D eigenvalue weighted by atomic mass is 10.0. The van der Waals surface area contributed by atoms with Gasteiger partial charge in [-0.2, -0.15) is 0 Å². The lowest BCUT2D eigenvalue weighted by Gasteiger charge is -2.35. The van der Waals surface area contributed by atoms with E-state index in [-0.39, 0.29) is 17.9 Å². The third-order valence-electron chi connectivity index (χ3n) is 6.27. The number of hydrogen-bond donors (Lipinski definition) is 1. The van der Waals surface area contributed by atoms with Gasteiger partial charge in [0.05, 0.1) is 18.8 Å². The molecule has 2 aliphatic heterocycles. The summed E-state index contributed by atoms with van der Waals surface area (Å²) < 4.78 is 7.02. The molecular weight excluding hydrogens is 446 g/mol. The number of carbonyl (C=O) groups excluding carboxylic acids is 2. The number of hydrogen-bond acceptors (Lipinski definition) is 7. The Hall–Kier alpha value is -4.05. The van der Waals surface area contributed by atoms with Crippen molar-refractivity contribution in [2.75, 3.05) is 38.7 Å². The van der Waals surface area contributed by atoms with Gasteiger partial charge >= 0.3 is 0 Å². The molecule has 5 heterocycles. The standard InChI is InChI=1S/C25H27N7O3/c1-3-19-6-7-20(25(34)31-11-13-35-14-12-31)22(30(19)2)24(33)27-18-8-10-32-21(15-18)28-23(29-32)17-5-4-9-26-16-17/h4-10,15-16,19H,3,11-14H2,1-2H3,(H,27,33). The summed E-state index contributed by atoms with van der Waals surface area (Å²) in [6.07, 6.45) is 9.71. The molecule has 1 saturated heterocycles. The van der Waals surface area contributed by atoms with Gasteiger partial charge in [0.15, 0.2) is 11.5 Å². The van der Waals surface area contributed by atoms with Crippen molar-refractivity contribution in [3.05, 3.63) is 66.3 Å². The normalized spacial score (nSPS) is 18.3. The second-order valence-corrected chi connectivity index (χ2v) is 8.46. The fourth-order valence-electron chi connectivity index (χ4n) is 4.34. The van der Waals surface area contributed by atoms with Gasteiger partial charge in [-0.3, -0.25) is 14.6 Å². The van der Waals surface area contributed by atoms with Crippen LogP contribution < -0.4 is 5.32 Å². The highest BCUT2D eigenvalue weighted by molar-refractivity contribution is 6.11. The van der Waals surface area contributed by atoms with E-state index in [1.807, 2.05) is 30.2 Å². The fourth-order valence-corrected chi connectivity index (χ4v) is 4.34. The number of carbonyl (C=O) groups is 2. The van der Waals surface area contributed by atoms with E-state index in [4.69, 9.17) is 4.74 Å². The number of ether oxygens (including phenoxy) is 1. The topological polar surface area (TPSA) is 105 Å². The number of nitrogens with zero attached hydrogens (tertiary/aromatic N) is 6. The largest absolute Gasteiger partial charge is 0.378 e. The number of morpholine rings is 1. The van der Waals surface area contributed by atoms with Crippen LogP contribution in [0.1, 0.15) is 13.3 Å². The summed E-state index contributed by atoms with van der Waals surface area (Å²) >= 11 is 0. The lowest BCUT2D eigenvalue weighted by Crippen LogP contribution is -2.45. The van der Waals surface area contributed by atoms with Crippen molar-refractivity contribution in [1.29, 1.82) is 0 Å². The number of amides is 2. The van der Waals surface area contributed by atoms with Gasteiger partial charge in [-0.05, 0) is 30.7 Å². The molecule has 3 aromatic rings. The van der Waals surface area contributed by atoms with E-state index in [9.17, 15) is 9.59 Å². The molecule has 35 heavy (non-hydrogen) atoms. The zero-order valence-electron chi connectivity index (χ0n) is 19.7. The van der Waals surface area contributed by atoms with Crippen molar-refractivity contribution in [2.45, 2.75) is 19.4 Å². The maximum atomic E-state index is 13.5. The molecular formula is C25H27N7O3. The summed E-state index contributed by atoms with van der Waals surface area (Å²) in [7, 11) is 1.85. The first-order valence-corrected chi connectivity index (χ1v) is 11.7. The number of fused-ring (bicyclic) bond motifs is 1. The molecule has 0 bridgehead atoms. The first kappa shape index (κ1) is 22.7. The van der Waals surface area contributed by atoms with E-state index >= 15 is 0 Å². The smallest absolute Gasteiger partial charge is 0.272 e. The van der Waals surface area contributed by atoms with Gasteiger partial charge in [0.2, 0.25) is 0 Å². The summed E-state index contributed by atoms with van der Waals surface area (Å²) in [6, 6.07) is 7.25. The van der Waals surface area contributed by atoms with Crippen molar-refractivity contribution >= 4 is 23.1 Å². The Balaban J connectivity index is 1.44. The highest BCUT2D eigenvalue weighted by Crippen LogP contribution is 2.26. The van der Waals surface area contributed by atoms with Gasteiger partial charge in [-0.25, -0.2) is 9.50 Å². The molecule has 2 aliphatic rings. The van der Waals surface area contributed by atoms with E-state index in [1.54, 1.807) is 46.2 Å². The molecule has 0 saturated carbocycles. The van der Waals surface area contributed by atoms with Crippen LogP contribution in [0.3, 0.4) is 0 Å². The molecule has 10 heteroatoms. The van der Waals surface area contributed by atoms with Gasteiger partial charge in [-0.1, -0.05) is 13.0 Å². The summed E-state index contributed by atoms with van der Waals surface area (Å²) in [4.78, 5) is 39.1. The minimum atomic E-state index is -0.344. The monoisotopic (exact) mass is 473 g/mol. The molecule has 5 rings (SSSR count). The second-order valence-electron chi connectivity index (χ2n) is 8.46. The van der Waals surface area contributed by atoms with Crippen LogP contribution in [0.4, 0.5) is 5.69 Å². The van der Waals surface area contributed by atoms with Crippen LogP contribution >= 0.6 is 0 Å². The molecule has 1 fully saturated rings. The van der Waals surface area contributed by atoms with E-state index in [2.05, 4.69) is 27.3 Å². The molecule has 0 aliphatic carbocycles. The van der Waals surface area contributed by atoms with Gasteiger partial charge < -0.3 is 19.9 Å². The first-order chi connectivity index (χ1) is 17.0. The second kappa shape index (κ2) is 9.67. The summed E-state index contributed by atoms with van der Waals surface area (Å²) in [6.45, 7) is 4.06. The van der Waals surface area contributed by atoms with Crippen molar-refractivity contribution in [2.24, 2.45) is 0 Å². The van der Waals surface area contributed by atoms with Crippen LogP contribution in [0.2, 0.25) is 0 Å². The van der Waals surface area contributed by atoms with Crippen LogP contribution in [-0.4, -0.2) is 80.6 Å². The SMILES string of the molecule is CCC1C=CC(C(=O)N2CCOCC2)=C(C(=O)Nc2ccn3nc(-c4cccnc4)nc3c2)N1C. The quantitative estimate of drug-likeness (QED) is 0.605. The predicted octanol–water partition coefficient (Wildman–Crippen LogP) is 2.12. The maximum Gasteiger partial charge on any atom is 0.272 e. The average molecular weight is 474 g/mol. The maximum absolute atomic E-state index is 13.5. The minimum Gasteiger partial charge on any atom is -0.378 e. The van der Waals surface area contributed by atoms with Crippen LogP contribution in [0.15, 0.2) is 66.3 Å². The van der Waals surface area contributed by atoms with Crippen molar-refractivity contribution < 1.29 is 14.3 Å². The number of nitrogens with one attached hydrogen (secondary N) is 1. The van der Waals surface area contributed by atoms with Crippen molar-refractivity contribution in [1.82, 2.24) is 29.4 Å². The molecule has 1 atom stereocenters. The number of pyridine rings is 2. The number of likely N-dealkylation sites (N-methyl/N-ethyl adjacent to an activating group) is 1. The Morgan fingerprint density at radius 3 is 2.80 bits per heavy atom. The lowest BCUT2D eigenvalue weighted by molar-refractivity contribution is -0.131. The number of aromatic nitrogens is 4. The van der Waals surface area contributed by atoms with E-state index in [1.165, 1.54) is 0 Å². The zero-order chi connectivity index (χ0) is 24.4. The van der Waals surface area contributed by atoms with E-state index in [0.717, 1.165) is 12.0 Å². The molecule has 1 N–H and O–H groups in total. The summed E-state index contributed by atoms with van der Waals surface area (Å²) in [5.41, 5.74) is 2.70. The van der Waals surface area contributed by atoms with Crippen LogP contribution in [0, 0.1) is 0 Å². The molecule has 10 nitrogen and oxygen atoms in total. The molecule has 3 aromatic heterocycles. The molecule has 2 amide bonds.